The Morgan fingerprint density at radius 3 is 2.72 bits per heavy atom. The summed E-state index contributed by atoms with van der Waals surface area (Å²) in [5.41, 5.74) is 0.0780. The van der Waals surface area contributed by atoms with Gasteiger partial charge in [-0.25, -0.2) is 9.78 Å². The zero-order valence-electron chi connectivity index (χ0n) is 10.6. The van der Waals surface area contributed by atoms with Crippen molar-refractivity contribution in [1.29, 1.82) is 0 Å². The minimum Gasteiger partial charge on any atom is -0.461 e. The number of ether oxygens (including phenoxy) is 2. The van der Waals surface area contributed by atoms with Crippen molar-refractivity contribution < 1.29 is 19.1 Å². The molecule has 0 radical (unpaired) electrons. The summed E-state index contributed by atoms with van der Waals surface area (Å²) in [5, 5.41) is 3.49. The molecule has 0 aromatic carbocycles. The van der Waals surface area contributed by atoms with Crippen molar-refractivity contribution in [1.82, 2.24) is 4.98 Å². The minimum atomic E-state index is -0.571. The van der Waals surface area contributed by atoms with Crippen LogP contribution in [0.15, 0.2) is 0 Å². The van der Waals surface area contributed by atoms with E-state index in [-0.39, 0.29) is 18.1 Å². The predicted octanol–water partition coefficient (Wildman–Crippen LogP) is 1.58. The van der Waals surface area contributed by atoms with Crippen molar-refractivity contribution in [2.75, 3.05) is 32.2 Å². The molecule has 0 aliphatic carbocycles. The number of nitrogens with one attached hydrogen (secondary N) is 1. The molecule has 0 fully saturated rings. The zero-order chi connectivity index (χ0) is 13.5. The van der Waals surface area contributed by atoms with E-state index in [0.717, 1.165) is 11.3 Å². The third kappa shape index (κ3) is 3.78. The van der Waals surface area contributed by atoms with Crippen LogP contribution in [0, 0.1) is 0 Å². The van der Waals surface area contributed by atoms with E-state index >= 15 is 0 Å². The average Bonchev–Trinajstić information content (AvgIpc) is 2.74. The van der Waals surface area contributed by atoms with Crippen molar-refractivity contribution in [3.63, 3.8) is 0 Å². The second-order valence-electron chi connectivity index (χ2n) is 3.39. The van der Waals surface area contributed by atoms with Gasteiger partial charge in [0.25, 0.3) is 0 Å². The topological polar surface area (TPSA) is 77.5 Å². The van der Waals surface area contributed by atoms with E-state index in [9.17, 15) is 9.59 Å². The molecule has 0 bridgehead atoms. The fourth-order valence-electron chi connectivity index (χ4n) is 1.23. The molecular formula is C11H16N2O4S. The maximum absolute atomic E-state index is 11.6. The summed E-state index contributed by atoms with van der Waals surface area (Å²) < 4.78 is 9.75. The van der Waals surface area contributed by atoms with Crippen LogP contribution in [-0.2, 0) is 9.47 Å². The lowest BCUT2D eigenvalue weighted by Gasteiger charge is -2.00. The molecule has 0 aliphatic heterocycles. The summed E-state index contributed by atoms with van der Waals surface area (Å²) >= 11 is 1.14. The molecule has 0 saturated carbocycles. The summed E-state index contributed by atoms with van der Waals surface area (Å²) in [6.07, 6.45) is 0. The molecule has 0 unspecified atom stereocenters. The van der Waals surface area contributed by atoms with Crippen LogP contribution in [-0.4, -0.2) is 43.6 Å². The van der Waals surface area contributed by atoms with Crippen LogP contribution in [0.3, 0.4) is 0 Å². The molecule has 0 spiro atoms. The number of thiazole rings is 1. The number of carbonyl (C=O) groups is 2. The lowest BCUT2D eigenvalue weighted by molar-refractivity contribution is 0.0517. The normalized spacial score (nSPS) is 10.2. The fourth-order valence-corrected chi connectivity index (χ4v) is 2.11. The molecule has 0 amide bonds. The number of anilines is 1. The van der Waals surface area contributed by atoms with Gasteiger partial charge < -0.3 is 14.8 Å². The molecule has 0 saturated heterocycles. The maximum Gasteiger partial charge on any atom is 0.358 e. The number of aromatic nitrogens is 1. The molecule has 1 N–H and O–H groups in total. The molecule has 7 heteroatoms. The number of methoxy groups -OCH3 is 1. The number of Topliss-reactive ketones (excluding diaryl/α,β-unsaturated/α-hetero) is 1. The highest BCUT2D eigenvalue weighted by molar-refractivity contribution is 7.17. The molecule has 1 heterocycles. The van der Waals surface area contributed by atoms with Gasteiger partial charge in [0.05, 0.1) is 13.2 Å². The Balaban J connectivity index is 2.87. The number of carbonyl (C=O) groups excluding carboxylic acids is 2. The fraction of sp³-hybridized carbons (Fsp3) is 0.545. The molecular weight excluding hydrogens is 256 g/mol. The van der Waals surface area contributed by atoms with Gasteiger partial charge in [-0.15, -0.1) is 0 Å². The zero-order valence-corrected chi connectivity index (χ0v) is 11.4. The van der Waals surface area contributed by atoms with Gasteiger partial charge in [0, 0.05) is 20.6 Å². The lowest BCUT2D eigenvalue weighted by Crippen LogP contribution is -2.10. The number of esters is 1. The third-order valence-corrected chi connectivity index (χ3v) is 3.11. The van der Waals surface area contributed by atoms with Gasteiger partial charge in [0.2, 0.25) is 0 Å². The largest absolute Gasteiger partial charge is 0.461 e. The second-order valence-corrected chi connectivity index (χ2v) is 4.39. The van der Waals surface area contributed by atoms with E-state index in [1.165, 1.54) is 6.92 Å². The summed E-state index contributed by atoms with van der Waals surface area (Å²) in [7, 11) is 1.59. The summed E-state index contributed by atoms with van der Waals surface area (Å²) in [6, 6.07) is 0. The smallest absolute Gasteiger partial charge is 0.358 e. The van der Waals surface area contributed by atoms with Crippen LogP contribution >= 0.6 is 11.3 Å². The predicted molar refractivity (Wildman–Crippen MR) is 68.4 cm³/mol. The van der Waals surface area contributed by atoms with E-state index in [2.05, 4.69) is 10.3 Å². The first-order valence-electron chi connectivity index (χ1n) is 5.51. The average molecular weight is 272 g/mol. The molecule has 1 rings (SSSR count). The SMILES string of the molecule is CCOC(=O)c1nc(NCCOC)sc1C(C)=O. The van der Waals surface area contributed by atoms with Crippen molar-refractivity contribution in [3.05, 3.63) is 10.6 Å². The van der Waals surface area contributed by atoms with E-state index in [4.69, 9.17) is 9.47 Å². The Morgan fingerprint density at radius 2 is 2.17 bits per heavy atom. The van der Waals surface area contributed by atoms with Crippen LogP contribution in [0.5, 0.6) is 0 Å². The quantitative estimate of drug-likeness (QED) is 0.461. The van der Waals surface area contributed by atoms with Gasteiger partial charge in [-0.1, -0.05) is 11.3 Å². The highest BCUT2D eigenvalue weighted by atomic mass is 32.1. The molecule has 0 aliphatic rings. The van der Waals surface area contributed by atoms with Crippen LogP contribution in [0.4, 0.5) is 5.13 Å². The van der Waals surface area contributed by atoms with Crippen molar-refractivity contribution >= 4 is 28.2 Å². The van der Waals surface area contributed by atoms with Gasteiger partial charge in [0.15, 0.2) is 16.6 Å². The summed E-state index contributed by atoms with van der Waals surface area (Å²) in [5.74, 6) is -0.769. The molecule has 1 aromatic rings. The van der Waals surface area contributed by atoms with E-state index < -0.39 is 5.97 Å². The summed E-state index contributed by atoms with van der Waals surface area (Å²) in [4.78, 5) is 27.5. The Kier molecular flexibility index (Phi) is 5.73. The van der Waals surface area contributed by atoms with Crippen molar-refractivity contribution in [2.45, 2.75) is 13.8 Å². The van der Waals surface area contributed by atoms with Crippen molar-refractivity contribution in [3.8, 4) is 0 Å². The number of hydrogen-bond donors (Lipinski definition) is 1. The van der Waals surface area contributed by atoms with Crippen LogP contribution in [0.25, 0.3) is 0 Å². The van der Waals surface area contributed by atoms with Gasteiger partial charge in [0.1, 0.15) is 4.88 Å². The van der Waals surface area contributed by atoms with Crippen LogP contribution in [0.2, 0.25) is 0 Å². The monoisotopic (exact) mass is 272 g/mol. The highest BCUT2D eigenvalue weighted by Crippen LogP contribution is 2.24. The van der Waals surface area contributed by atoms with Gasteiger partial charge in [-0.3, -0.25) is 4.79 Å². The number of nitrogens with zero attached hydrogens (tertiary/aromatic N) is 1. The van der Waals surface area contributed by atoms with Crippen LogP contribution in [0.1, 0.15) is 34.0 Å². The molecule has 0 atom stereocenters. The van der Waals surface area contributed by atoms with Gasteiger partial charge in [-0.05, 0) is 6.92 Å². The molecule has 6 nitrogen and oxygen atoms in total. The Hall–Kier alpha value is -1.47. The Labute approximate surface area is 109 Å². The highest BCUT2D eigenvalue weighted by Gasteiger charge is 2.21. The number of rotatable bonds is 7. The Bertz CT molecular complexity index is 431. The Morgan fingerprint density at radius 1 is 1.44 bits per heavy atom. The minimum absolute atomic E-state index is 0.0780. The number of ketones is 1. The molecule has 100 valence electrons. The maximum atomic E-state index is 11.6. The number of hydrogen-bond acceptors (Lipinski definition) is 7. The van der Waals surface area contributed by atoms with Crippen molar-refractivity contribution in [2.24, 2.45) is 0 Å². The first kappa shape index (κ1) is 14.6. The first-order valence-corrected chi connectivity index (χ1v) is 6.33. The molecule has 1 aromatic heterocycles. The first-order chi connectivity index (χ1) is 8.60. The van der Waals surface area contributed by atoms with E-state index in [1.54, 1.807) is 14.0 Å². The lowest BCUT2D eigenvalue weighted by atomic mass is 10.3. The molecule has 18 heavy (non-hydrogen) atoms. The van der Waals surface area contributed by atoms with Gasteiger partial charge >= 0.3 is 5.97 Å². The second kappa shape index (κ2) is 7.07. The van der Waals surface area contributed by atoms with E-state index in [1.807, 2.05) is 0 Å². The van der Waals surface area contributed by atoms with E-state index in [0.29, 0.717) is 23.2 Å². The standard InChI is InChI=1S/C11H16N2O4S/c1-4-17-10(15)8-9(7(2)14)18-11(13-8)12-5-6-16-3/h4-6H2,1-3H3,(H,12,13). The third-order valence-electron chi connectivity index (χ3n) is 2.00. The van der Waals surface area contributed by atoms with Gasteiger partial charge in [-0.2, -0.15) is 0 Å². The summed E-state index contributed by atoms with van der Waals surface area (Å²) in [6.45, 7) is 4.43. The van der Waals surface area contributed by atoms with Crippen LogP contribution < -0.4 is 5.32 Å².